The van der Waals surface area contributed by atoms with Crippen LogP contribution in [0, 0.1) is 13.8 Å². The first kappa shape index (κ1) is 24.3. The molecule has 4 nitrogen and oxygen atoms in total. The highest BCUT2D eigenvalue weighted by atomic mass is 32.1. The maximum absolute atomic E-state index is 5.95. The monoisotopic (exact) mass is 494 g/mol. The van der Waals surface area contributed by atoms with Gasteiger partial charge in [-0.25, -0.2) is 0 Å². The molecule has 5 heteroatoms. The van der Waals surface area contributed by atoms with Crippen molar-refractivity contribution < 1.29 is 0 Å². The van der Waals surface area contributed by atoms with Crippen molar-refractivity contribution in [1.29, 1.82) is 0 Å². The molecule has 36 heavy (non-hydrogen) atoms. The summed E-state index contributed by atoms with van der Waals surface area (Å²) in [6.45, 7) is 11.0. The van der Waals surface area contributed by atoms with Crippen molar-refractivity contribution in [3.63, 3.8) is 0 Å². The zero-order chi connectivity index (χ0) is 25.4. The van der Waals surface area contributed by atoms with Gasteiger partial charge < -0.3 is 14.8 Å². The van der Waals surface area contributed by atoms with Crippen molar-refractivity contribution in [2.45, 2.75) is 59.0 Å². The van der Waals surface area contributed by atoms with Gasteiger partial charge in [-0.05, 0) is 97.6 Å². The highest BCUT2D eigenvalue weighted by molar-refractivity contribution is 7.80. The lowest BCUT2D eigenvalue weighted by molar-refractivity contribution is 0.565. The summed E-state index contributed by atoms with van der Waals surface area (Å²) in [6.07, 6.45) is 2.90. The molecule has 0 spiro atoms. The van der Waals surface area contributed by atoms with Crippen LogP contribution in [0.5, 0.6) is 0 Å². The molecule has 2 atom stereocenters. The second-order valence-electron chi connectivity index (χ2n) is 9.92. The van der Waals surface area contributed by atoms with Crippen molar-refractivity contribution in [2.24, 2.45) is 0 Å². The van der Waals surface area contributed by atoms with E-state index in [1.54, 1.807) is 0 Å². The number of pyridine rings is 1. The normalized spacial score (nSPS) is 17.6. The van der Waals surface area contributed by atoms with Gasteiger partial charge in [0.15, 0.2) is 5.11 Å². The van der Waals surface area contributed by atoms with Gasteiger partial charge in [0.1, 0.15) is 0 Å². The Balaban J connectivity index is 1.63. The van der Waals surface area contributed by atoms with Crippen LogP contribution in [-0.4, -0.2) is 14.7 Å². The minimum Gasteiger partial charge on any atom is -0.351 e. The van der Waals surface area contributed by atoms with E-state index < -0.39 is 0 Å². The highest BCUT2D eigenvalue weighted by Gasteiger charge is 2.42. The molecule has 2 aromatic carbocycles. The van der Waals surface area contributed by atoms with Crippen LogP contribution in [-0.2, 0) is 6.42 Å². The first-order chi connectivity index (χ1) is 17.4. The summed E-state index contributed by atoms with van der Waals surface area (Å²) in [5.74, 6) is 0.484. The number of hydrogen-bond acceptors (Lipinski definition) is 2. The standard InChI is InChI=1S/C31H34N4S/c1-6-23-10-14-25(15-11-23)34-21(4)19-27(22(34)5)30-29(28-9-7-8-18-32-28)33-31(36)35(30)26-16-12-24(13-17-26)20(2)3/h7-20,29-30H,6H2,1-5H3,(H,33,36)/t29-,30-/m1/s1. The highest BCUT2D eigenvalue weighted by Crippen LogP contribution is 2.44. The molecule has 0 bridgehead atoms. The molecule has 1 aliphatic rings. The van der Waals surface area contributed by atoms with Crippen LogP contribution in [0.15, 0.2) is 79.0 Å². The van der Waals surface area contributed by atoms with Gasteiger partial charge in [-0.1, -0.05) is 51.1 Å². The number of nitrogens with one attached hydrogen (secondary N) is 1. The maximum Gasteiger partial charge on any atom is 0.174 e. The van der Waals surface area contributed by atoms with Gasteiger partial charge in [-0.2, -0.15) is 0 Å². The van der Waals surface area contributed by atoms with Gasteiger partial charge in [0.25, 0.3) is 0 Å². The molecule has 5 rings (SSSR count). The minimum absolute atomic E-state index is 0.0211. The van der Waals surface area contributed by atoms with E-state index in [1.165, 1.54) is 33.8 Å². The fraction of sp³-hybridized carbons (Fsp3) is 0.290. The van der Waals surface area contributed by atoms with Gasteiger partial charge in [0, 0.05) is 29.0 Å². The summed E-state index contributed by atoms with van der Waals surface area (Å²) in [6, 6.07) is 26.0. The topological polar surface area (TPSA) is 33.1 Å². The van der Waals surface area contributed by atoms with Crippen molar-refractivity contribution >= 4 is 23.0 Å². The second kappa shape index (κ2) is 9.90. The Bertz CT molecular complexity index is 1350. The Morgan fingerprint density at radius 3 is 2.25 bits per heavy atom. The van der Waals surface area contributed by atoms with Crippen LogP contribution < -0.4 is 10.2 Å². The summed E-state index contributed by atoms with van der Waals surface area (Å²) in [4.78, 5) is 6.99. The predicted octanol–water partition coefficient (Wildman–Crippen LogP) is 7.35. The number of hydrogen-bond donors (Lipinski definition) is 1. The van der Waals surface area contributed by atoms with Gasteiger partial charge in [0.2, 0.25) is 0 Å². The maximum atomic E-state index is 5.95. The van der Waals surface area contributed by atoms with Crippen LogP contribution >= 0.6 is 12.2 Å². The molecule has 0 amide bonds. The van der Waals surface area contributed by atoms with Crippen LogP contribution in [0.2, 0.25) is 0 Å². The van der Waals surface area contributed by atoms with E-state index in [9.17, 15) is 0 Å². The third-order valence-corrected chi connectivity index (χ3v) is 7.64. The largest absolute Gasteiger partial charge is 0.351 e. The van der Waals surface area contributed by atoms with E-state index in [0.717, 1.165) is 22.9 Å². The molecule has 0 unspecified atom stereocenters. The number of anilines is 1. The number of nitrogens with zero attached hydrogens (tertiary/aromatic N) is 3. The fourth-order valence-corrected chi connectivity index (χ4v) is 5.68. The van der Waals surface area contributed by atoms with Crippen LogP contribution in [0.4, 0.5) is 5.69 Å². The Morgan fingerprint density at radius 2 is 1.64 bits per heavy atom. The lowest BCUT2D eigenvalue weighted by Gasteiger charge is -2.28. The Kier molecular flexibility index (Phi) is 6.67. The van der Waals surface area contributed by atoms with Crippen molar-refractivity contribution in [3.05, 3.63) is 113 Å². The van der Waals surface area contributed by atoms with Crippen LogP contribution in [0.3, 0.4) is 0 Å². The number of aromatic nitrogens is 2. The first-order valence-electron chi connectivity index (χ1n) is 12.8. The molecule has 3 heterocycles. The van der Waals surface area contributed by atoms with E-state index >= 15 is 0 Å². The summed E-state index contributed by atoms with van der Waals surface area (Å²) in [7, 11) is 0. The Labute approximate surface area is 220 Å². The van der Waals surface area contributed by atoms with Gasteiger partial charge in [0.05, 0.1) is 17.8 Å². The molecular formula is C31H34N4S. The van der Waals surface area contributed by atoms with Crippen molar-refractivity contribution in [1.82, 2.24) is 14.9 Å². The average molecular weight is 495 g/mol. The van der Waals surface area contributed by atoms with Gasteiger partial charge >= 0.3 is 0 Å². The zero-order valence-corrected chi connectivity index (χ0v) is 22.5. The fourth-order valence-electron chi connectivity index (χ4n) is 5.33. The third-order valence-electron chi connectivity index (χ3n) is 7.33. The van der Waals surface area contributed by atoms with E-state index in [1.807, 2.05) is 18.3 Å². The molecule has 2 aromatic heterocycles. The molecule has 1 fully saturated rings. The molecule has 0 aliphatic carbocycles. The van der Waals surface area contributed by atoms with E-state index in [4.69, 9.17) is 17.2 Å². The molecule has 184 valence electrons. The SMILES string of the molecule is CCc1ccc(-n2c(C)cc([C@@H]3[C@@H](c4ccccn4)NC(=S)N3c3ccc(C(C)C)cc3)c2C)cc1. The van der Waals surface area contributed by atoms with Gasteiger partial charge in [-0.3, -0.25) is 4.98 Å². The second-order valence-corrected chi connectivity index (χ2v) is 10.3. The first-order valence-corrected chi connectivity index (χ1v) is 13.2. The molecule has 0 radical (unpaired) electrons. The average Bonchev–Trinajstić information content (AvgIpc) is 3.39. The number of benzene rings is 2. The Morgan fingerprint density at radius 1 is 0.944 bits per heavy atom. The summed E-state index contributed by atoms with van der Waals surface area (Å²) in [5.41, 5.74) is 9.62. The van der Waals surface area contributed by atoms with Crippen LogP contribution in [0.25, 0.3) is 5.69 Å². The summed E-state index contributed by atoms with van der Waals surface area (Å²) >= 11 is 5.95. The smallest absolute Gasteiger partial charge is 0.174 e. The van der Waals surface area contributed by atoms with Crippen molar-refractivity contribution in [2.75, 3.05) is 4.90 Å². The lowest BCUT2D eigenvalue weighted by Crippen LogP contribution is -2.29. The summed E-state index contributed by atoms with van der Waals surface area (Å²) in [5, 5.41) is 4.33. The lowest BCUT2D eigenvalue weighted by atomic mass is 9.96. The van der Waals surface area contributed by atoms with E-state index in [2.05, 4.69) is 110 Å². The number of thiocarbonyl (C=S) groups is 1. The number of aryl methyl sites for hydroxylation is 2. The van der Waals surface area contributed by atoms with E-state index in [-0.39, 0.29) is 12.1 Å². The van der Waals surface area contributed by atoms with Gasteiger partial charge in [-0.15, -0.1) is 0 Å². The minimum atomic E-state index is -0.0557. The Hall–Kier alpha value is -3.44. The molecule has 4 aromatic rings. The zero-order valence-electron chi connectivity index (χ0n) is 21.7. The molecule has 1 N–H and O–H groups in total. The quantitative estimate of drug-likeness (QED) is 0.284. The van der Waals surface area contributed by atoms with E-state index in [0.29, 0.717) is 5.92 Å². The predicted molar refractivity (Wildman–Crippen MR) is 153 cm³/mol. The summed E-state index contributed by atoms with van der Waals surface area (Å²) < 4.78 is 2.35. The molecular weight excluding hydrogens is 460 g/mol. The molecule has 1 aliphatic heterocycles. The van der Waals surface area contributed by atoms with Crippen molar-refractivity contribution in [3.8, 4) is 5.69 Å². The van der Waals surface area contributed by atoms with Crippen LogP contribution in [0.1, 0.15) is 72.5 Å². The third kappa shape index (κ3) is 4.33. The number of rotatable bonds is 6. The molecule has 1 saturated heterocycles. The molecule has 0 saturated carbocycles.